The largest absolute Gasteiger partial charge is 0.488 e. The Labute approximate surface area is 256 Å². The van der Waals surface area contributed by atoms with Crippen LogP contribution in [0.4, 0.5) is 0 Å². The molecule has 43 heavy (non-hydrogen) atoms. The van der Waals surface area contributed by atoms with Gasteiger partial charge in [0.15, 0.2) is 5.76 Å². The summed E-state index contributed by atoms with van der Waals surface area (Å²) < 4.78 is 18.5. The van der Waals surface area contributed by atoms with Crippen molar-refractivity contribution in [1.82, 2.24) is 10.1 Å². The van der Waals surface area contributed by atoms with E-state index in [1.807, 2.05) is 79.7 Å². The monoisotopic (exact) mass is 595 g/mol. The molecule has 220 valence electrons. The van der Waals surface area contributed by atoms with Gasteiger partial charge in [0.1, 0.15) is 24.7 Å². The summed E-state index contributed by atoms with van der Waals surface area (Å²) in [5.74, 6) is 1.80. The normalized spacial score (nSPS) is 12.5. The topological polar surface area (TPSA) is 90.8 Å². The first-order valence-electron chi connectivity index (χ1n) is 14.1. The Bertz CT molecular complexity index is 1670. The highest BCUT2D eigenvalue weighted by molar-refractivity contribution is 6.32. The van der Waals surface area contributed by atoms with Crippen molar-refractivity contribution in [2.75, 3.05) is 13.6 Å². The lowest BCUT2D eigenvalue weighted by Crippen LogP contribution is -2.26. The number of amides is 1. The highest BCUT2D eigenvalue weighted by Crippen LogP contribution is 2.44. The number of carbonyl (C=O) groups is 1. The molecule has 8 heteroatoms. The molecule has 0 spiro atoms. The molecule has 5 aromatic rings. The van der Waals surface area contributed by atoms with Gasteiger partial charge in [0.05, 0.1) is 21.8 Å². The number of fused-ring (bicyclic) bond motifs is 1. The molecule has 0 unspecified atom stereocenters. The fourth-order valence-corrected chi connectivity index (χ4v) is 5.37. The van der Waals surface area contributed by atoms with Crippen molar-refractivity contribution in [2.45, 2.75) is 33.1 Å². The van der Waals surface area contributed by atoms with Crippen LogP contribution >= 0.6 is 11.6 Å². The van der Waals surface area contributed by atoms with Crippen molar-refractivity contribution in [1.29, 1.82) is 0 Å². The fourth-order valence-electron chi connectivity index (χ4n) is 5.16. The smallest absolute Gasteiger partial charge is 0.204 e. The van der Waals surface area contributed by atoms with Crippen molar-refractivity contribution in [3.8, 4) is 33.9 Å². The maximum atomic E-state index is 8.58. The molecule has 1 aliphatic rings. The van der Waals surface area contributed by atoms with Crippen LogP contribution in [0.5, 0.6) is 11.5 Å². The van der Waals surface area contributed by atoms with Gasteiger partial charge in [0.25, 0.3) is 0 Å². The van der Waals surface area contributed by atoms with E-state index in [4.69, 9.17) is 30.4 Å². The molecule has 2 heterocycles. The zero-order chi connectivity index (χ0) is 30.2. The van der Waals surface area contributed by atoms with Crippen LogP contribution in [0.3, 0.4) is 0 Å². The van der Waals surface area contributed by atoms with E-state index in [0.29, 0.717) is 35.5 Å². The van der Waals surface area contributed by atoms with E-state index >= 15 is 0 Å². The van der Waals surface area contributed by atoms with Crippen LogP contribution in [0.25, 0.3) is 22.5 Å². The molecule has 6 rings (SSSR count). The van der Waals surface area contributed by atoms with Crippen molar-refractivity contribution < 1.29 is 18.8 Å². The summed E-state index contributed by atoms with van der Waals surface area (Å²) in [6.45, 7) is 4.77. The number of likely N-dealkylation sites (N-methyl/N-ethyl adjacent to an activating group) is 1. The molecule has 1 aliphatic heterocycles. The lowest BCUT2D eigenvalue weighted by Gasteiger charge is -2.25. The fraction of sp³-hybridized carbons (Fsp3) is 0.200. The van der Waals surface area contributed by atoms with Crippen LogP contribution in [0, 0.1) is 6.92 Å². The SMILES string of the molecule is Cc1noc(-c2cc(Cl)c(OCc3ccccc3)cc2OCc2ccccc2)c1-c1ccc2c(c1)CCN(C)C2.NC=O. The van der Waals surface area contributed by atoms with Crippen LogP contribution in [0.15, 0.2) is 95.5 Å². The molecule has 0 aliphatic carbocycles. The molecule has 0 saturated heterocycles. The van der Waals surface area contributed by atoms with E-state index in [9.17, 15) is 0 Å². The minimum absolute atomic E-state index is 0.250. The summed E-state index contributed by atoms with van der Waals surface area (Å²) in [7, 11) is 2.16. The molecule has 0 radical (unpaired) electrons. The predicted molar refractivity (Wildman–Crippen MR) is 169 cm³/mol. The summed E-state index contributed by atoms with van der Waals surface area (Å²) in [5.41, 5.74) is 12.6. The van der Waals surface area contributed by atoms with Crippen LogP contribution in [-0.2, 0) is 31.0 Å². The highest BCUT2D eigenvalue weighted by atomic mass is 35.5. The number of primary amides is 1. The number of hydrogen-bond donors (Lipinski definition) is 1. The van der Waals surface area contributed by atoms with Crippen molar-refractivity contribution >= 4 is 18.0 Å². The van der Waals surface area contributed by atoms with E-state index in [1.54, 1.807) is 0 Å². The molecule has 1 amide bonds. The summed E-state index contributed by atoms with van der Waals surface area (Å²) >= 11 is 6.80. The third-order valence-corrected chi connectivity index (χ3v) is 7.61. The van der Waals surface area contributed by atoms with Gasteiger partial charge >= 0.3 is 0 Å². The number of aryl methyl sites for hydroxylation is 1. The standard InChI is InChI=1S/C34H31ClN2O3.CH3NO/c1-23-33(27-13-14-28-20-37(2)16-15-26(28)17-27)34(40-36-23)29-18-30(35)32(39-22-25-11-7-4-8-12-25)19-31(29)38-21-24-9-5-3-6-10-24;2-1-3/h3-14,17-19H,15-16,20-22H2,1-2H3;1H,(H2,2,3). The molecular weight excluding hydrogens is 562 g/mol. The van der Waals surface area contributed by atoms with Crippen LogP contribution < -0.4 is 15.2 Å². The maximum absolute atomic E-state index is 8.58. The van der Waals surface area contributed by atoms with Gasteiger partial charge in [0, 0.05) is 19.2 Å². The second-order valence-electron chi connectivity index (χ2n) is 10.4. The molecular formula is C35H34ClN3O4. The number of ether oxygens (including phenoxy) is 2. The van der Waals surface area contributed by atoms with Gasteiger partial charge in [-0.3, -0.25) is 4.79 Å². The Morgan fingerprint density at radius 3 is 2.19 bits per heavy atom. The predicted octanol–water partition coefficient (Wildman–Crippen LogP) is 7.22. The van der Waals surface area contributed by atoms with Crippen molar-refractivity contribution in [3.63, 3.8) is 0 Å². The Hall–Kier alpha value is -4.59. The van der Waals surface area contributed by atoms with Gasteiger partial charge in [-0.25, -0.2) is 0 Å². The second kappa shape index (κ2) is 14.1. The number of benzene rings is 4. The third-order valence-electron chi connectivity index (χ3n) is 7.31. The van der Waals surface area contributed by atoms with Crippen LogP contribution in [0.2, 0.25) is 5.02 Å². The number of nitrogens with zero attached hydrogens (tertiary/aromatic N) is 2. The number of nitrogens with two attached hydrogens (primary N) is 1. The summed E-state index contributed by atoms with van der Waals surface area (Å²) in [4.78, 5) is 10.9. The molecule has 2 N–H and O–H groups in total. The highest BCUT2D eigenvalue weighted by Gasteiger charge is 2.24. The van der Waals surface area contributed by atoms with Gasteiger partial charge in [-0.15, -0.1) is 0 Å². The molecule has 0 bridgehead atoms. The van der Waals surface area contributed by atoms with Gasteiger partial charge in [-0.1, -0.05) is 95.6 Å². The number of halogens is 1. The number of hydrogen-bond acceptors (Lipinski definition) is 6. The average molecular weight is 596 g/mol. The minimum atomic E-state index is 0.250. The van der Waals surface area contributed by atoms with Gasteiger partial charge in [-0.05, 0) is 54.3 Å². The van der Waals surface area contributed by atoms with Gasteiger partial charge < -0.3 is 24.6 Å². The van der Waals surface area contributed by atoms with Crippen LogP contribution in [0.1, 0.15) is 27.9 Å². The average Bonchev–Trinajstić information content (AvgIpc) is 3.41. The van der Waals surface area contributed by atoms with E-state index in [-0.39, 0.29) is 6.41 Å². The first-order valence-corrected chi connectivity index (χ1v) is 14.4. The number of rotatable bonds is 8. The first-order chi connectivity index (χ1) is 21.0. The summed E-state index contributed by atoms with van der Waals surface area (Å²) in [5, 5.41) is 4.85. The summed E-state index contributed by atoms with van der Waals surface area (Å²) in [6.07, 6.45) is 1.27. The Balaban J connectivity index is 0.00000118. The number of carbonyl (C=O) groups excluding carboxylic acids is 1. The zero-order valence-corrected chi connectivity index (χ0v) is 25.0. The van der Waals surface area contributed by atoms with Gasteiger partial charge in [-0.2, -0.15) is 0 Å². The molecule has 4 aromatic carbocycles. The third kappa shape index (κ3) is 7.25. The molecule has 7 nitrogen and oxygen atoms in total. The van der Waals surface area contributed by atoms with Crippen LogP contribution in [-0.4, -0.2) is 30.1 Å². The lowest BCUT2D eigenvalue weighted by atomic mass is 9.93. The zero-order valence-electron chi connectivity index (χ0n) is 24.3. The molecule has 0 saturated carbocycles. The Morgan fingerprint density at radius 2 is 1.53 bits per heavy atom. The Morgan fingerprint density at radius 1 is 0.907 bits per heavy atom. The molecule has 0 fully saturated rings. The van der Waals surface area contributed by atoms with Gasteiger partial charge in [0.2, 0.25) is 6.41 Å². The maximum Gasteiger partial charge on any atom is 0.204 e. The minimum Gasteiger partial charge on any atom is -0.488 e. The van der Waals surface area contributed by atoms with Crippen molar-refractivity contribution in [2.24, 2.45) is 5.73 Å². The van der Waals surface area contributed by atoms with Crippen molar-refractivity contribution in [3.05, 3.63) is 124 Å². The summed E-state index contributed by atoms with van der Waals surface area (Å²) in [6, 6.07) is 30.4. The van der Waals surface area contributed by atoms with E-state index in [1.165, 1.54) is 11.1 Å². The second-order valence-corrected chi connectivity index (χ2v) is 10.8. The van der Waals surface area contributed by atoms with E-state index in [0.717, 1.165) is 53.0 Å². The quantitative estimate of drug-likeness (QED) is 0.191. The molecule has 1 aromatic heterocycles. The van der Waals surface area contributed by atoms with E-state index < -0.39 is 0 Å². The van der Waals surface area contributed by atoms with E-state index in [2.05, 4.69) is 41.0 Å². The molecule has 0 atom stereocenters. The Kier molecular flexibility index (Phi) is 9.77. The first kappa shape index (κ1) is 29.9. The number of aromatic nitrogens is 1. The lowest BCUT2D eigenvalue weighted by molar-refractivity contribution is -0.106.